The van der Waals surface area contributed by atoms with Gasteiger partial charge in [0.15, 0.2) is 0 Å². The predicted molar refractivity (Wildman–Crippen MR) is 88.5 cm³/mol. The van der Waals surface area contributed by atoms with Gasteiger partial charge in [-0.2, -0.15) is 0 Å². The number of thiazole rings is 1. The molecular weight excluding hydrogens is 278 g/mol. The van der Waals surface area contributed by atoms with E-state index in [1.165, 1.54) is 10.6 Å². The van der Waals surface area contributed by atoms with E-state index in [-0.39, 0.29) is 11.1 Å². The first-order valence-electron chi connectivity index (χ1n) is 7.58. The Labute approximate surface area is 130 Å². The second kappa shape index (κ2) is 5.87. The molecule has 0 saturated carbocycles. The Balaban J connectivity index is 1.92. The topological polar surface area (TPSA) is 37.0 Å². The fraction of sp³-hybridized carbons (Fsp3) is 0.471. The van der Waals surface area contributed by atoms with Crippen LogP contribution in [-0.2, 0) is 11.1 Å². The van der Waals surface area contributed by atoms with Crippen molar-refractivity contribution >= 4 is 11.3 Å². The molecule has 1 aliphatic heterocycles. The zero-order valence-corrected chi connectivity index (χ0v) is 13.5. The SMILES string of the molecule is CC(C)(NC1(c2nccs2)CCNCC1)c1ccccc1. The van der Waals surface area contributed by atoms with E-state index in [0.717, 1.165) is 25.9 Å². The summed E-state index contributed by atoms with van der Waals surface area (Å²) in [6.07, 6.45) is 4.08. The van der Waals surface area contributed by atoms with Gasteiger partial charge in [-0.05, 0) is 45.3 Å². The maximum Gasteiger partial charge on any atom is 0.113 e. The third kappa shape index (κ3) is 3.03. The van der Waals surface area contributed by atoms with Gasteiger partial charge in [0.1, 0.15) is 5.01 Å². The Morgan fingerprint density at radius 3 is 2.52 bits per heavy atom. The van der Waals surface area contributed by atoms with Crippen LogP contribution in [0.15, 0.2) is 41.9 Å². The Kier molecular flexibility index (Phi) is 4.11. The first-order valence-corrected chi connectivity index (χ1v) is 8.46. The second-order valence-corrected chi connectivity index (χ2v) is 7.18. The largest absolute Gasteiger partial charge is 0.317 e. The third-order valence-corrected chi connectivity index (χ3v) is 5.32. The molecule has 2 heterocycles. The van der Waals surface area contributed by atoms with Crippen LogP contribution in [0.1, 0.15) is 37.3 Å². The molecule has 3 nitrogen and oxygen atoms in total. The predicted octanol–water partition coefficient (Wildman–Crippen LogP) is 3.25. The van der Waals surface area contributed by atoms with Gasteiger partial charge in [-0.1, -0.05) is 30.3 Å². The van der Waals surface area contributed by atoms with Crippen molar-refractivity contribution in [2.24, 2.45) is 0 Å². The Bertz CT molecular complexity index is 557. The molecule has 3 rings (SSSR count). The molecule has 2 N–H and O–H groups in total. The summed E-state index contributed by atoms with van der Waals surface area (Å²) >= 11 is 1.76. The van der Waals surface area contributed by atoms with Crippen molar-refractivity contribution < 1.29 is 0 Å². The Hall–Kier alpha value is -1.23. The molecule has 0 bridgehead atoms. The Morgan fingerprint density at radius 2 is 1.90 bits per heavy atom. The highest BCUT2D eigenvalue weighted by molar-refractivity contribution is 7.09. The van der Waals surface area contributed by atoms with Gasteiger partial charge in [0.2, 0.25) is 0 Å². The fourth-order valence-electron chi connectivity index (χ4n) is 3.23. The number of nitrogens with one attached hydrogen (secondary N) is 2. The molecule has 0 spiro atoms. The highest BCUT2D eigenvalue weighted by Gasteiger charge is 2.40. The van der Waals surface area contributed by atoms with Gasteiger partial charge in [0.25, 0.3) is 0 Å². The van der Waals surface area contributed by atoms with Crippen molar-refractivity contribution in [1.82, 2.24) is 15.6 Å². The highest BCUT2D eigenvalue weighted by Crippen LogP contribution is 2.36. The molecule has 0 unspecified atom stereocenters. The molecule has 4 heteroatoms. The van der Waals surface area contributed by atoms with Crippen LogP contribution >= 0.6 is 11.3 Å². The van der Waals surface area contributed by atoms with E-state index < -0.39 is 0 Å². The highest BCUT2D eigenvalue weighted by atomic mass is 32.1. The number of piperidine rings is 1. The smallest absolute Gasteiger partial charge is 0.113 e. The average Bonchev–Trinajstić information content (AvgIpc) is 3.04. The van der Waals surface area contributed by atoms with E-state index in [2.05, 4.69) is 65.2 Å². The minimum Gasteiger partial charge on any atom is -0.317 e. The van der Waals surface area contributed by atoms with Crippen LogP contribution in [0.3, 0.4) is 0 Å². The number of nitrogens with zero attached hydrogens (tertiary/aromatic N) is 1. The third-order valence-electron chi connectivity index (χ3n) is 4.35. The first-order chi connectivity index (χ1) is 10.1. The minimum atomic E-state index is -0.0791. The minimum absolute atomic E-state index is 0.0151. The summed E-state index contributed by atoms with van der Waals surface area (Å²) < 4.78 is 0. The number of aromatic nitrogens is 1. The maximum absolute atomic E-state index is 4.62. The summed E-state index contributed by atoms with van der Waals surface area (Å²) in [6, 6.07) is 10.7. The van der Waals surface area contributed by atoms with Gasteiger partial charge in [0.05, 0.1) is 5.54 Å². The summed E-state index contributed by atoms with van der Waals surface area (Å²) in [7, 11) is 0. The lowest BCUT2D eigenvalue weighted by Gasteiger charge is -2.43. The molecule has 0 radical (unpaired) electrons. The molecule has 1 aliphatic rings. The molecule has 112 valence electrons. The molecule has 1 fully saturated rings. The number of hydrogen-bond acceptors (Lipinski definition) is 4. The summed E-state index contributed by atoms with van der Waals surface area (Å²) in [5.41, 5.74) is 1.22. The van der Waals surface area contributed by atoms with Crippen LogP contribution in [0.4, 0.5) is 0 Å². The lowest BCUT2D eigenvalue weighted by molar-refractivity contribution is 0.179. The molecule has 1 aromatic carbocycles. The maximum atomic E-state index is 4.62. The van der Waals surface area contributed by atoms with Crippen molar-refractivity contribution in [2.45, 2.75) is 37.8 Å². The molecule has 0 aliphatic carbocycles. The molecule has 0 atom stereocenters. The van der Waals surface area contributed by atoms with Gasteiger partial charge < -0.3 is 5.32 Å². The zero-order valence-electron chi connectivity index (χ0n) is 12.7. The monoisotopic (exact) mass is 301 g/mol. The Morgan fingerprint density at radius 1 is 1.19 bits per heavy atom. The molecule has 0 amide bonds. The lowest BCUT2D eigenvalue weighted by atomic mass is 9.83. The summed E-state index contributed by atoms with van der Waals surface area (Å²) in [5, 5.41) is 10.7. The molecule has 1 aromatic heterocycles. The molecule has 2 aromatic rings. The van der Waals surface area contributed by atoms with Crippen molar-refractivity contribution in [1.29, 1.82) is 0 Å². The van der Waals surface area contributed by atoms with Crippen LogP contribution in [0, 0.1) is 0 Å². The van der Waals surface area contributed by atoms with E-state index >= 15 is 0 Å². The van der Waals surface area contributed by atoms with E-state index in [1.54, 1.807) is 11.3 Å². The number of rotatable bonds is 4. The molecule has 21 heavy (non-hydrogen) atoms. The van der Waals surface area contributed by atoms with Crippen molar-refractivity contribution in [3.63, 3.8) is 0 Å². The van der Waals surface area contributed by atoms with E-state index in [9.17, 15) is 0 Å². The van der Waals surface area contributed by atoms with Gasteiger partial charge >= 0.3 is 0 Å². The number of benzene rings is 1. The average molecular weight is 301 g/mol. The van der Waals surface area contributed by atoms with Gasteiger partial charge in [0, 0.05) is 17.1 Å². The molecular formula is C17H23N3S. The fourth-order valence-corrected chi connectivity index (χ4v) is 4.08. The number of hydrogen-bond donors (Lipinski definition) is 2. The quantitative estimate of drug-likeness (QED) is 0.910. The normalized spacial score (nSPS) is 18.6. The summed E-state index contributed by atoms with van der Waals surface area (Å²) in [4.78, 5) is 4.62. The van der Waals surface area contributed by atoms with E-state index in [1.807, 2.05) is 6.20 Å². The van der Waals surface area contributed by atoms with Crippen LogP contribution in [0.25, 0.3) is 0 Å². The first kappa shape index (κ1) is 14.7. The van der Waals surface area contributed by atoms with Crippen LogP contribution in [-0.4, -0.2) is 18.1 Å². The van der Waals surface area contributed by atoms with Crippen LogP contribution in [0.5, 0.6) is 0 Å². The molecule has 1 saturated heterocycles. The summed E-state index contributed by atoms with van der Waals surface area (Å²) in [5.74, 6) is 0. The summed E-state index contributed by atoms with van der Waals surface area (Å²) in [6.45, 7) is 6.61. The standard InChI is InChI=1S/C17H23N3S/c1-16(2,14-6-4-3-5-7-14)20-17(8-10-18-11-9-17)15-19-12-13-21-15/h3-7,12-13,18,20H,8-11H2,1-2H3. The van der Waals surface area contributed by atoms with Gasteiger partial charge in [-0.3, -0.25) is 5.32 Å². The second-order valence-electron chi connectivity index (χ2n) is 6.29. The van der Waals surface area contributed by atoms with Crippen molar-refractivity contribution in [3.05, 3.63) is 52.5 Å². The van der Waals surface area contributed by atoms with Crippen LogP contribution in [0.2, 0.25) is 0 Å². The van der Waals surface area contributed by atoms with Crippen LogP contribution < -0.4 is 10.6 Å². The lowest BCUT2D eigenvalue weighted by Crippen LogP contribution is -2.56. The van der Waals surface area contributed by atoms with E-state index in [4.69, 9.17) is 0 Å². The van der Waals surface area contributed by atoms with Gasteiger partial charge in [-0.15, -0.1) is 11.3 Å². The van der Waals surface area contributed by atoms with Crippen molar-refractivity contribution in [2.75, 3.05) is 13.1 Å². The zero-order chi connectivity index (χ0) is 14.8. The van der Waals surface area contributed by atoms with Gasteiger partial charge in [-0.25, -0.2) is 4.98 Å². The van der Waals surface area contributed by atoms with Crippen molar-refractivity contribution in [3.8, 4) is 0 Å². The van der Waals surface area contributed by atoms with E-state index in [0.29, 0.717) is 0 Å².